The normalized spacial score (nSPS) is 18.6. The van der Waals surface area contributed by atoms with Gasteiger partial charge in [-0.1, -0.05) is 0 Å². The smallest absolute Gasteiger partial charge is 0.237 e. The highest BCUT2D eigenvalue weighted by molar-refractivity contribution is 5.81. The van der Waals surface area contributed by atoms with Crippen molar-refractivity contribution in [3.05, 3.63) is 29.3 Å². The Morgan fingerprint density at radius 2 is 2.40 bits per heavy atom. The highest BCUT2D eigenvalue weighted by Crippen LogP contribution is 2.26. The Labute approximate surface area is 119 Å². The Bertz CT molecular complexity index is 536. The fourth-order valence-corrected chi connectivity index (χ4v) is 2.67. The van der Waals surface area contributed by atoms with E-state index in [0.717, 1.165) is 30.7 Å². The molecule has 5 nitrogen and oxygen atoms in total. The summed E-state index contributed by atoms with van der Waals surface area (Å²) in [6.45, 7) is 1.51. The van der Waals surface area contributed by atoms with Crippen molar-refractivity contribution in [1.29, 1.82) is 5.26 Å². The topological polar surface area (TPSA) is 65.4 Å². The van der Waals surface area contributed by atoms with E-state index in [1.54, 1.807) is 26.3 Å². The molecular formula is C15H19N3O2. The van der Waals surface area contributed by atoms with E-state index in [0.29, 0.717) is 12.1 Å². The van der Waals surface area contributed by atoms with Gasteiger partial charge in [-0.3, -0.25) is 9.69 Å². The van der Waals surface area contributed by atoms with Gasteiger partial charge in [0.2, 0.25) is 5.91 Å². The third-order valence-electron chi connectivity index (χ3n) is 3.70. The molecule has 1 heterocycles. The molecule has 1 saturated heterocycles. The minimum absolute atomic E-state index is 0.0536. The van der Waals surface area contributed by atoms with Crippen molar-refractivity contribution < 1.29 is 9.53 Å². The van der Waals surface area contributed by atoms with Crippen molar-refractivity contribution in [3.63, 3.8) is 0 Å². The molecule has 1 fully saturated rings. The molecule has 5 heteroatoms. The van der Waals surface area contributed by atoms with Crippen LogP contribution in [0.3, 0.4) is 0 Å². The van der Waals surface area contributed by atoms with E-state index in [9.17, 15) is 4.79 Å². The lowest BCUT2D eigenvalue weighted by Crippen LogP contribution is -2.41. The molecule has 0 spiro atoms. The van der Waals surface area contributed by atoms with Crippen LogP contribution in [0.5, 0.6) is 5.75 Å². The summed E-state index contributed by atoms with van der Waals surface area (Å²) in [4.78, 5) is 14.0. The second kappa shape index (κ2) is 6.40. The molecule has 106 valence electrons. The quantitative estimate of drug-likeness (QED) is 0.897. The molecule has 1 aromatic rings. The van der Waals surface area contributed by atoms with Crippen molar-refractivity contribution in [2.45, 2.75) is 25.4 Å². The number of rotatable bonds is 4. The summed E-state index contributed by atoms with van der Waals surface area (Å²) >= 11 is 0. The fourth-order valence-electron chi connectivity index (χ4n) is 2.67. The zero-order valence-corrected chi connectivity index (χ0v) is 11.8. The van der Waals surface area contributed by atoms with Gasteiger partial charge >= 0.3 is 0 Å². The number of hydrogen-bond acceptors (Lipinski definition) is 4. The molecule has 0 bridgehead atoms. The molecule has 1 unspecified atom stereocenters. The lowest BCUT2D eigenvalue weighted by Gasteiger charge is -2.24. The Morgan fingerprint density at radius 3 is 3.05 bits per heavy atom. The molecule has 0 radical (unpaired) electrons. The second-order valence-electron chi connectivity index (χ2n) is 4.88. The number of benzene rings is 1. The summed E-state index contributed by atoms with van der Waals surface area (Å²) in [7, 11) is 3.28. The molecule has 1 aromatic carbocycles. The van der Waals surface area contributed by atoms with Gasteiger partial charge in [-0.25, -0.2) is 0 Å². The molecule has 1 atom stereocenters. The van der Waals surface area contributed by atoms with Gasteiger partial charge in [-0.15, -0.1) is 0 Å². The van der Waals surface area contributed by atoms with E-state index < -0.39 is 0 Å². The molecule has 0 aliphatic carbocycles. The van der Waals surface area contributed by atoms with Crippen molar-refractivity contribution in [3.8, 4) is 11.8 Å². The summed E-state index contributed by atoms with van der Waals surface area (Å²) < 4.78 is 5.34. The van der Waals surface area contributed by atoms with E-state index >= 15 is 0 Å². The average Bonchev–Trinajstić information content (AvgIpc) is 2.94. The molecule has 1 aliphatic heterocycles. The zero-order chi connectivity index (χ0) is 14.5. The van der Waals surface area contributed by atoms with Crippen LogP contribution in [0.4, 0.5) is 0 Å². The number of likely N-dealkylation sites (tertiary alicyclic amines) is 1. The second-order valence-corrected chi connectivity index (χ2v) is 4.88. The maximum absolute atomic E-state index is 11.9. The third kappa shape index (κ3) is 2.91. The SMILES string of the molecule is CNC(=O)C1CCCN1Cc1cc(C#N)ccc1OC. The minimum Gasteiger partial charge on any atom is -0.496 e. The van der Waals surface area contributed by atoms with Crippen LogP contribution in [0.1, 0.15) is 24.0 Å². The number of nitrogens with zero attached hydrogens (tertiary/aromatic N) is 2. The highest BCUT2D eigenvalue weighted by Gasteiger charge is 2.30. The molecule has 0 saturated carbocycles. The van der Waals surface area contributed by atoms with E-state index in [1.807, 2.05) is 6.07 Å². The Balaban J connectivity index is 2.20. The van der Waals surface area contributed by atoms with Crippen LogP contribution in [-0.2, 0) is 11.3 Å². The number of carbonyl (C=O) groups excluding carboxylic acids is 1. The number of ether oxygens (including phenoxy) is 1. The number of likely N-dealkylation sites (N-methyl/N-ethyl adjacent to an activating group) is 1. The largest absolute Gasteiger partial charge is 0.496 e. The minimum atomic E-state index is -0.0875. The van der Waals surface area contributed by atoms with Crippen molar-refractivity contribution in [2.75, 3.05) is 20.7 Å². The summed E-state index contributed by atoms with van der Waals surface area (Å²) in [6.07, 6.45) is 1.89. The average molecular weight is 273 g/mol. The van der Waals surface area contributed by atoms with Crippen molar-refractivity contribution in [1.82, 2.24) is 10.2 Å². The number of amides is 1. The van der Waals surface area contributed by atoms with Crippen LogP contribution < -0.4 is 10.1 Å². The Kier molecular flexibility index (Phi) is 4.59. The van der Waals surface area contributed by atoms with Gasteiger partial charge in [0.25, 0.3) is 0 Å². The van der Waals surface area contributed by atoms with Crippen LogP contribution in [0.15, 0.2) is 18.2 Å². The first-order valence-corrected chi connectivity index (χ1v) is 6.72. The molecule has 1 aliphatic rings. The molecule has 1 amide bonds. The number of carbonyl (C=O) groups is 1. The fraction of sp³-hybridized carbons (Fsp3) is 0.467. The van der Waals surface area contributed by atoms with Gasteiger partial charge in [-0.05, 0) is 37.6 Å². The highest BCUT2D eigenvalue weighted by atomic mass is 16.5. The third-order valence-corrected chi connectivity index (χ3v) is 3.70. The van der Waals surface area contributed by atoms with Gasteiger partial charge in [0, 0.05) is 19.2 Å². The van der Waals surface area contributed by atoms with Crippen molar-refractivity contribution >= 4 is 5.91 Å². The first-order chi connectivity index (χ1) is 9.69. The van der Waals surface area contributed by atoms with Gasteiger partial charge in [0.1, 0.15) is 5.75 Å². The van der Waals surface area contributed by atoms with Crippen LogP contribution in [0.2, 0.25) is 0 Å². The maximum atomic E-state index is 11.9. The summed E-state index contributed by atoms with van der Waals surface area (Å²) in [6, 6.07) is 7.42. The summed E-state index contributed by atoms with van der Waals surface area (Å²) in [5.74, 6) is 0.810. The van der Waals surface area contributed by atoms with E-state index in [-0.39, 0.29) is 11.9 Å². The number of nitrogens with one attached hydrogen (secondary N) is 1. The van der Waals surface area contributed by atoms with Crippen LogP contribution in [0, 0.1) is 11.3 Å². The number of nitriles is 1. The lowest BCUT2D eigenvalue weighted by atomic mass is 10.1. The zero-order valence-electron chi connectivity index (χ0n) is 11.8. The Morgan fingerprint density at radius 1 is 1.60 bits per heavy atom. The predicted molar refractivity (Wildman–Crippen MR) is 75.2 cm³/mol. The first kappa shape index (κ1) is 14.4. The molecule has 2 rings (SSSR count). The molecule has 20 heavy (non-hydrogen) atoms. The molecular weight excluding hydrogens is 254 g/mol. The van der Waals surface area contributed by atoms with Gasteiger partial charge in [-0.2, -0.15) is 5.26 Å². The first-order valence-electron chi connectivity index (χ1n) is 6.72. The van der Waals surface area contributed by atoms with E-state index in [2.05, 4.69) is 16.3 Å². The van der Waals surface area contributed by atoms with E-state index in [1.165, 1.54) is 0 Å². The van der Waals surface area contributed by atoms with Gasteiger partial charge in [0.05, 0.1) is 24.8 Å². The molecule has 1 N–H and O–H groups in total. The van der Waals surface area contributed by atoms with Crippen molar-refractivity contribution in [2.24, 2.45) is 0 Å². The lowest BCUT2D eigenvalue weighted by molar-refractivity contribution is -0.125. The summed E-state index contributed by atoms with van der Waals surface area (Å²) in [5, 5.41) is 11.7. The Hall–Kier alpha value is -2.06. The number of hydrogen-bond donors (Lipinski definition) is 1. The van der Waals surface area contributed by atoms with Crippen LogP contribution in [-0.4, -0.2) is 37.6 Å². The predicted octanol–water partition coefficient (Wildman–Crippen LogP) is 1.28. The maximum Gasteiger partial charge on any atom is 0.237 e. The standard InChI is InChI=1S/C15H19N3O2/c1-17-15(19)13-4-3-7-18(13)10-12-8-11(9-16)5-6-14(12)20-2/h5-6,8,13H,3-4,7,10H2,1-2H3,(H,17,19). The van der Waals surface area contributed by atoms with Crippen LogP contribution in [0.25, 0.3) is 0 Å². The van der Waals surface area contributed by atoms with Crippen LogP contribution >= 0.6 is 0 Å². The number of methoxy groups -OCH3 is 1. The monoisotopic (exact) mass is 273 g/mol. The van der Waals surface area contributed by atoms with Gasteiger partial charge in [0.15, 0.2) is 0 Å². The molecule has 0 aromatic heterocycles. The van der Waals surface area contributed by atoms with Gasteiger partial charge < -0.3 is 10.1 Å². The summed E-state index contributed by atoms with van der Waals surface area (Å²) in [5.41, 5.74) is 1.55. The van der Waals surface area contributed by atoms with E-state index in [4.69, 9.17) is 10.00 Å².